The zero-order valence-corrected chi connectivity index (χ0v) is 16.0. The fourth-order valence-corrected chi connectivity index (χ4v) is 2.92. The van der Waals surface area contributed by atoms with E-state index >= 15 is 0 Å². The number of hydrogen-bond donors (Lipinski definition) is 0. The molecule has 0 N–H and O–H groups in total. The van der Waals surface area contributed by atoms with E-state index in [1.165, 1.54) is 0 Å². The molecule has 0 atom stereocenters. The summed E-state index contributed by atoms with van der Waals surface area (Å²) in [7, 11) is 3.23. The molecule has 0 fully saturated rings. The molecule has 2 nitrogen and oxygen atoms in total. The van der Waals surface area contributed by atoms with Crippen molar-refractivity contribution < 1.29 is 12.3 Å². The van der Waals surface area contributed by atoms with Crippen LogP contribution in [0.3, 0.4) is 0 Å². The first-order valence-electron chi connectivity index (χ1n) is 6.30. The van der Waals surface area contributed by atoms with Gasteiger partial charge in [0.05, 0.1) is 20.1 Å². The maximum absolute atomic E-state index is 6.18. The van der Waals surface area contributed by atoms with Crippen molar-refractivity contribution in [2.24, 2.45) is 0 Å². The van der Waals surface area contributed by atoms with E-state index in [-0.39, 0.29) is 31.8 Å². The smallest absolute Gasteiger partial charge is 1.00 e. The maximum Gasteiger partial charge on any atom is 2.00 e. The fraction of sp³-hybridized carbons (Fsp3) is 0.250. The Bertz CT molecular complexity index is 542. The Labute approximate surface area is 164 Å². The molecular formula is C16H17Cl3MgO2. The summed E-state index contributed by atoms with van der Waals surface area (Å²) in [5, 5.41) is 0. The molecule has 0 aliphatic heterocycles. The van der Waals surface area contributed by atoms with Crippen molar-refractivity contribution in [3.05, 3.63) is 59.7 Å². The van der Waals surface area contributed by atoms with E-state index in [9.17, 15) is 0 Å². The Morgan fingerprint density at radius 3 is 1.32 bits per heavy atom. The minimum Gasteiger partial charge on any atom is -1.00 e. The van der Waals surface area contributed by atoms with Crippen LogP contribution in [0.25, 0.3) is 0 Å². The average Bonchev–Trinajstić information content (AvgIpc) is 2.47. The first-order chi connectivity index (χ1) is 9.95. The van der Waals surface area contributed by atoms with Crippen molar-refractivity contribution in [3.63, 3.8) is 0 Å². The molecule has 0 bridgehead atoms. The number of methoxy groups -OCH3 is 2. The first kappa shape index (κ1) is 19.7. The summed E-state index contributed by atoms with van der Waals surface area (Å²) in [6.45, 7) is 0. The summed E-state index contributed by atoms with van der Waals surface area (Å²) in [5.41, 5.74) is 1.81. The minimum atomic E-state index is -1.46. The van der Waals surface area contributed by atoms with Gasteiger partial charge >= 0.3 is 23.1 Å². The van der Waals surface area contributed by atoms with Crippen LogP contribution in [0.5, 0.6) is 11.5 Å². The van der Waals surface area contributed by atoms with E-state index in [0.717, 1.165) is 22.6 Å². The summed E-state index contributed by atoms with van der Waals surface area (Å²) in [5.74, 6) is 1.15. The van der Waals surface area contributed by atoms with Gasteiger partial charge in [0.1, 0.15) is 11.5 Å². The van der Waals surface area contributed by atoms with Crippen LogP contribution in [0, 0.1) is 0 Å². The van der Waals surface area contributed by atoms with Gasteiger partial charge in [0, 0.05) is 0 Å². The molecule has 0 aromatic heterocycles. The molecule has 0 heterocycles. The van der Waals surface area contributed by atoms with Crippen LogP contribution in [0.1, 0.15) is 19.9 Å². The van der Waals surface area contributed by atoms with Crippen LogP contribution in [0.15, 0.2) is 48.5 Å². The molecule has 0 amide bonds. The summed E-state index contributed by atoms with van der Waals surface area (Å²) in [6, 6.07) is 15.0. The fourth-order valence-electron chi connectivity index (χ4n) is 2.16. The van der Waals surface area contributed by atoms with Gasteiger partial charge in [-0.2, -0.15) is 0 Å². The van der Waals surface area contributed by atoms with Crippen molar-refractivity contribution >= 4 is 57.9 Å². The average molecular weight is 372 g/mol. The third-order valence-electron chi connectivity index (χ3n) is 3.23. The Hall–Kier alpha value is -0.324. The molecule has 0 aliphatic rings. The zero-order chi connectivity index (χ0) is 15.5. The molecule has 0 unspecified atom stereocenters. The molecule has 6 heteroatoms. The van der Waals surface area contributed by atoms with Gasteiger partial charge < -0.3 is 12.3 Å². The molecule has 0 saturated carbocycles. The molecule has 0 radical (unpaired) electrons. The number of alkyl halides is 3. The van der Waals surface area contributed by atoms with E-state index in [2.05, 4.69) is 0 Å². The van der Waals surface area contributed by atoms with Gasteiger partial charge in [0.25, 0.3) is 0 Å². The van der Waals surface area contributed by atoms with E-state index in [0.29, 0.717) is 0 Å². The van der Waals surface area contributed by atoms with Crippen molar-refractivity contribution in [3.8, 4) is 11.5 Å². The van der Waals surface area contributed by atoms with Crippen LogP contribution >= 0.6 is 34.8 Å². The second kappa shape index (κ2) is 8.51. The number of ether oxygens (including phenoxy) is 2. The van der Waals surface area contributed by atoms with E-state index < -0.39 is 3.79 Å². The quantitative estimate of drug-likeness (QED) is 0.553. The van der Waals surface area contributed by atoms with Gasteiger partial charge in [-0.1, -0.05) is 59.1 Å². The third kappa shape index (κ3) is 4.83. The van der Waals surface area contributed by atoms with E-state index in [4.69, 9.17) is 44.3 Å². The molecule has 0 saturated heterocycles. The Morgan fingerprint density at radius 1 is 0.773 bits per heavy atom. The Balaban J connectivity index is 0. The minimum absolute atomic E-state index is 0. The van der Waals surface area contributed by atoms with Gasteiger partial charge in [-0.15, -0.1) is 0 Å². The molecule has 2 aromatic rings. The Kier molecular flexibility index (Phi) is 7.63. The van der Waals surface area contributed by atoms with Gasteiger partial charge in [-0.05, 0) is 35.4 Å². The van der Waals surface area contributed by atoms with Crippen LogP contribution < -0.4 is 9.47 Å². The number of hydrogen-bond acceptors (Lipinski definition) is 2. The predicted molar refractivity (Wildman–Crippen MR) is 96.1 cm³/mol. The summed E-state index contributed by atoms with van der Waals surface area (Å²) in [4.78, 5) is 0. The SMILES string of the molecule is COc1ccc(C(c2ccc(OC)cc2)C(Cl)(Cl)Cl)cc1.[H-].[H-].[Mg+2]. The Morgan fingerprint density at radius 2 is 1.09 bits per heavy atom. The number of benzene rings is 2. The van der Waals surface area contributed by atoms with Gasteiger partial charge in [-0.3, -0.25) is 0 Å². The van der Waals surface area contributed by atoms with Crippen LogP contribution in [0.2, 0.25) is 0 Å². The van der Waals surface area contributed by atoms with Gasteiger partial charge in [-0.25, -0.2) is 0 Å². The van der Waals surface area contributed by atoms with Crippen molar-refractivity contribution in [1.29, 1.82) is 0 Å². The van der Waals surface area contributed by atoms with E-state index in [1.807, 2.05) is 48.5 Å². The van der Waals surface area contributed by atoms with Gasteiger partial charge in [0.15, 0.2) is 0 Å². The monoisotopic (exact) mass is 370 g/mol. The van der Waals surface area contributed by atoms with E-state index in [1.54, 1.807) is 14.2 Å². The summed E-state index contributed by atoms with van der Waals surface area (Å²) >= 11 is 18.6. The van der Waals surface area contributed by atoms with Crippen LogP contribution in [-0.2, 0) is 0 Å². The van der Waals surface area contributed by atoms with Crippen LogP contribution in [0.4, 0.5) is 0 Å². The summed E-state index contributed by atoms with van der Waals surface area (Å²) in [6.07, 6.45) is 0. The molecule has 0 aliphatic carbocycles. The number of rotatable bonds is 4. The van der Waals surface area contributed by atoms with Crippen molar-refractivity contribution in [2.75, 3.05) is 14.2 Å². The molecule has 2 rings (SSSR count). The predicted octanol–water partition coefficient (Wildman–Crippen LogP) is 5.05. The topological polar surface area (TPSA) is 18.5 Å². The normalized spacial score (nSPS) is 11.0. The second-order valence-corrected chi connectivity index (χ2v) is 6.89. The molecule has 2 aromatic carbocycles. The molecular weight excluding hydrogens is 355 g/mol. The van der Waals surface area contributed by atoms with Gasteiger partial charge in [0.2, 0.25) is 3.79 Å². The molecule has 0 spiro atoms. The van der Waals surface area contributed by atoms with Crippen molar-refractivity contribution in [2.45, 2.75) is 9.71 Å². The number of halogens is 3. The first-order valence-corrected chi connectivity index (χ1v) is 7.43. The zero-order valence-electron chi connectivity index (χ0n) is 14.4. The van der Waals surface area contributed by atoms with Crippen LogP contribution in [-0.4, -0.2) is 41.1 Å². The molecule has 116 valence electrons. The summed E-state index contributed by atoms with van der Waals surface area (Å²) < 4.78 is 8.85. The largest absolute Gasteiger partial charge is 2.00 e. The van der Waals surface area contributed by atoms with Crippen molar-refractivity contribution in [1.82, 2.24) is 0 Å². The molecule has 22 heavy (non-hydrogen) atoms. The second-order valence-electron chi connectivity index (χ2n) is 4.52. The third-order valence-corrected chi connectivity index (χ3v) is 3.88. The standard InChI is InChI=1S/C16H15Cl3O2.Mg.2H/c1-20-13-7-3-11(4-8-13)15(16(17,18)19)12-5-9-14(21-2)10-6-12;;;/h3-10,15H,1-2H3;;;/q;+2;2*-1. The maximum atomic E-state index is 6.18.